The molecule has 1 aromatic carbocycles. The summed E-state index contributed by atoms with van der Waals surface area (Å²) in [5.41, 5.74) is 0.899. The number of hydrogen-bond acceptors (Lipinski definition) is 3. The Morgan fingerprint density at radius 1 is 1.29 bits per heavy atom. The summed E-state index contributed by atoms with van der Waals surface area (Å²) >= 11 is 3.10. The molecule has 0 radical (unpaired) electrons. The summed E-state index contributed by atoms with van der Waals surface area (Å²) in [6.45, 7) is 2.00. The van der Waals surface area contributed by atoms with Crippen molar-refractivity contribution in [3.63, 3.8) is 0 Å². The number of aryl methyl sites for hydroxylation is 1. The molecular formula is C12H10BrFN2O. The van der Waals surface area contributed by atoms with Crippen LogP contribution in [-0.4, -0.2) is 9.97 Å². The van der Waals surface area contributed by atoms with E-state index in [1.165, 1.54) is 12.4 Å². The molecule has 1 heterocycles. The molecule has 0 aliphatic carbocycles. The van der Waals surface area contributed by atoms with E-state index >= 15 is 0 Å². The van der Waals surface area contributed by atoms with Crippen molar-refractivity contribution in [3.8, 4) is 11.6 Å². The standard InChI is InChI=1S/C12H10BrFN2O/c1-2-8-5-12(16-7-15-8)17-9-3-4-11(14)10(13)6-9/h3-7H,2H2,1H3. The predicted octanol–water partition coefficient (Wildman–Crippen LogP) is 3.73. The zero-order chi connectivity index (χ0) is 12.3. The zero-order valence-corrected chi connectivity index (χ0v) is 10.7. The van der Waals surface area contributed by atoms with Crippen molar-refractivity contribution in [1.29, 1.82) is 0 Å². The van der Waals surface area contributed by atoms with Crippen LogP contribution in [0.1, 0.15) is 12.6 Å². The van der Waals surface area contributed by atoms with Crippen LogP contribution in [0.4, 0.5) is 4.39 Å². The smallest absolute Gasteiger partial charge is 0.222 e. The fourth-order valence-corrected chi connectivity index (χ4v) is 1.65. The number of halogens is 2. The normalized spacial score (nSPS) is 10.3. The Bertz CT molecular complexity index is 534. The minimum absolute atomic E-state index is 0.325. The third kappa shape index (κ3) is 3.00. The van der Waals surface area contributed by atoms with Gasteiger partial charge in [0, 0.05) is 11.8 Å². The molecule has 3 nitrogen and oxygen atoms in total. The fraction of sp³-hybridized carbons (Fsp3) is 0.167. The first-order valence-corrected chi connectivity index (χ1v) is 5.92. The molecule has 0 aliphatic heterocycles. The molecule has 0 bridgehead atoms. The first-order valence-electron chi connectivity index (χ1n) is 5.13. The maximum absolute atomic E-state index is 13.0. The molecule has 0 N–H and O–H groups in total. The average molecular weight is 297 g/mol. The molecule has 0 saturated carbocycles. The Kier molecular flexibility index (Phi) is 3.68. The summed E-state index contributed by atoms with van der Waals surface area (Å²) in [6, 6.07) is 6.20. The summed E-state index contributed by atoms with van der Waals surface area (Å²) in [7, 11) is 0. The number of aromatic nitrogens is 2. The van der Waals surface area contributed by atoms with E-state index in [1.807, 2.05) is 6.92 Å². The van der Waals surface area contributed by atoms with E-state index in [2.05, 4.69) is 25.9 Å². The van der Waals surface area contributed by atoms with Crippen LogP contribution in [0.25, 0.3) is 0 Å². The third-order valence-electron chi connectivity index (χ3n) is 2.17. The molecule has 0 aliphatic rings. The number of rotatable bonds is 3. The van der Waals surface area contributed by atoms with E-state index in [9.17, 15) is 4.39 Å². The molecule has 0 atom stereocenters. The van der Waals surface area contributed by atoms with Gasteiger partial charge in [-0.25, -0.2) is 14.4 Å². The highest BCUT2D eigenvalue weighted by atomic mass is 79.9. The Labute approximate surface area is 107 Å². The highest BCUT2D eigenvalue weighted by Crippen LogP contribution is 2.25. The SMILES string of the molecule is CCc1cc(Oc2ccc(F)c(Br)c2)ncn1. The summed E-state index contributed by atoms with van der Waals surface area (Å²) in [5, 5.41) is 0. The molecule has 0 fully saturated rings. The van der Waals surface area contributed by atoms with Gasteiger partial charge >= 0.3 is 0 Å². The molecule has 1 aromatic heterocycles. The zero-order valence-electron chi connectivity index (χ0n) is 9.15. The lowest BCUT2D eigenvalue weighted by Crippen LogP contribution is -1.93. The lowest BCUT2D eigenvalue weighted by Gasteiger charge is -2.05. The van der Waals surface area contributed by atoms with Crippen molar-refractivity contribution < 1.29 is 9.13 Å². The molecule has 2 rings (SSSR count). The Balaban J connectivity index is 2.22. The van der Waals surface area contributed by atoms with Crippen molar-refractivity contribution in [3.05, 3.63) is 46.6 Å². The second kappa shape index (κ2) is 5.23. The van der Waals surface area contributed by atoms with E-state index < -0.39 is 0 Å². The molecule has 88 valence electrons. The maximum atomic E-state index is 13.0. The molecule has 0 saturated heterocycles. The van der Waals surface area contributed by atoms with Gasteiger partial charge in [-0.05, 0) is 40.5 Å². The van der Waals surface area contributed by atoms with Crippen LogP contribution >= 0.6 is 15.9 Å². The average Bonchev–Trinajstić information content (AvgIpc) is 2.34. The maximum Gasteiger partial charge on any atom is 0.222 e. The highest BCUT2D eigenvalue weighted by molar-refractivity contribution is 9.10. The third-order valence-corrected chi connectivity index (χ3v) is 2.78. The van der Waals surface area contributed by atoms with Crippen LogP contribution < -0.4 is 4.74 Å². The molecular weight excluding hydrogens is 287 g/mol. The van der Waals surface area contributed by atoms with Gasteiger partial charge in [0.05, 0.1) is 4.47 Å². The minimum Gasteiger partial charge on any atom is -0.439 e. The Hall–Kier alpha value is -1.49. The van der Waals surface area contributed by atoms with Crippen molar-refractivity contribution in [2.75, 3.05) is 0 Å². The summed E-state index contributed by atoms with van der Waals surface area (Å²) in [5.74, 6) is 0.656. The van der Waals surface area contributed by atoms with Gasteiger partial charge in [0.25, 0.3) is 0 Å². The summed E-state index contributed by atoms with van der Waals surface area (Å²) < 4.78 is 18.9. The van der Waals surface area contributed by atoms with E-state index in [1.54, 1.807) is 18.2 Å². The van der Waals surface area contributed by atoms with E-state index in [4.69, 9.17) is 4.74 Å². The van der Waals surface area contributed by atoms with Crippen molar-refractivity contribution in [1.82, 2.24) is 9.97 Å². The minimum atomic E-state index is -0.325. The van der Waals surface area contributed by atoms with Gasteiger partial charge in [-0.3, -0.25) is 0 Å². The van der Waals surface area contributed by atoms with Crippen LogP contribution in [-0.2, 0) is 6.42 Å². The van der Waals surface area contributed by atoms with Gasteiger partial charge in [-0.15, -0.1) is 0 Å². The largest absolute Gasteiger partial charge is 0.439 e. The number of benzene rings is 1. The van der Waals surface area contributed by atoms with E-state index in [-0.39, 0.29) is 5.82 Å². The van der Waals surface area contributed by atoms with Crippen LogP contribution in [0.2, 0.25) is 0 Å². The first kappa shape index (κ1) is 12.0. The van der Waals surface area contributed by atoms with Gasteiger partial charge < -0.3 is 4.74 Å². The van der Waals surface area contributed by atoms with Crippen LogP contribution in [0.15, 0.2) is 35.1 Å². The lowest BCUT2D eigenvalue weighted by molar-refractivity contribution is 0.458. The first-order chi connectivity index (χ1) is 8.19. The van der Waals surface area contributed by atoms with Crippen LogP contribution in [0, 0.1) is 5.82 Å². The van der Waals surface area contributed by atoms with Gasteiger partial charge in [-0.2, -0.15) is 0 Å². The van der Waals surface area contributed by atoms with Gasteiger partial charge in [-0.1, -0.05) is 6.92 Å². The molecule has 0 spiro atoms. The quantitative estimate of drug-likeness (QED) is 0.865. The monoisotopic (exact) mass is 296 g/mol. The van der Waals surface area contributed by atoms with Crippen LogP contribution in [0.3, 0.4) is 0 Å². The number of nitrogens with zero attached hydrogens (tertiary/aromatic N) is 2. The molecule has 0 amide bonds. The molecule has 0 unspecified atom stereocenters. The number of ether oxygens (including phenoxy) is 1. The second-order valence-corrected chi connectivity index (χ2v) is 4.23. The Morgan fingerprint density at radius 2 is 2.12 bits per heavy atom. The van der Waals surface area contributed by atoms with E-state index in [0.717, 1.165) is 12.1 Å². The summed E-state index contributed by atoms with van der Waals surface area (Å²) in [6.07, 6.45) is 2.26. The fourth-order valence-electron chi connectivity index (χ4n) is 1.29. The van der Waals surface area contributed by atoms with Crippen molar-refractivity contribution in [2.24, 2.45) is 0 Å². The topological polar surface area (TPSA) is 35.0 Å². The predicted molar refractivity (Wildman–Crippen MR) is 65.6 cm³/mol. The summed E-state index contributed by atoms with van der Waals surface area (Å²) in [4.78, 5) is 8.06. The Morgan fingerprint density at radius 3 is 2.82 bits per heavy atom. The van der Waals surface area contributed by atoms with Crippen molar-refractivity contribution in [2.45, 2.75) is 13.3 Å². The van der Waals surface area contributed by atoms with Gasteiger partial charge in [0.15, 0.2) is 0 Å². The van der Waals surface area contributed by atoms with Crippen LogP contribution in [0.5, 0.6) is 11.6 Å². The van der Waals surface area contributed by atoms with Gasteiger partial charge in [0.2, 0.25) is 5.88 Å². The van der Waals surface area contributed by atoms with E-state index in [0.29, 0.717) is 16.1 Å². The number of hydrogen-bond donors (Lipinski definition) is 0. The van der Waals surface area contributed by atoms with Crippen molar-refractivity contribution >= 4 is 15.9 Å². The molecule has 2 aromatic rings. The second-order valence-electron chi connectivity index (χ2n) is 3.38. The lowest BCUT2D eigenvalue weighted by atomic mass is 10.3. The molecule has 5 heteroatoms. The molecule has 17 heavy (non-hydrogen) atoms. The highest BCUT2D eigenvalue weighted by Gasteiger charge is 2.04. The van der Waals surface area contributed by atoms with Gasteiger partial charge in [0.1, 0.15) is 17.9 Å².